The van der Waals surface area contributed by atoms with Gasteiger partial charge < -0.3 is 10.2 Å². The predicted molar refractivity (Wildman–Crippen MR) is 138 cm³/mol. The molecule has 170 valence electrons. The fraction of sp³-hybridized carbons (Fsp3) is 0.583. The third-order valence-corrected chi connectivity index (χ3v) is 6.52. The first-order chi connectivity index (χ1) is 14.6. The molecule has 0 radical (unpaired) electrons. The number of piperidine rings is 1. The number of nitrogens with zero attached hydrogens (tertiary/aromatic N) is 5. The van der Waals surface area contributed by atoms with E-state index < -0.39 is 0 Å². The zero-order valence-electron chi connectivity index (χ0n) is 19.1. The van der Waals surface area contributed by atoms with Crippen LogP contribution in [0.3, 0.4) is 0 Å². The second kappa shape index (κ2) is 11.3. The monoisotopic (exact) mass is 536 g/mol. The Bertz CT molecular complexity index is 846. The Morgan fingerprint density at radius 2 is 1.90 bits per heavy atom. The summed E-state index contributed by atoms with van der Waals surface area (Å²) in [5, 5.41) is 7.88. The van der Waals surface area contributed by atoms with Gasteiger partial charge in [0.1, 0.15) is 0 Å². The lowest BCUT2D eigenvalue weighted by molar-refractivity contribution is 0.176. The van der Waals surface area contributed by atoms with E-state index in [0.717, 1.165) is 44.5 Å². The maximum atomic E-state index is 4.52. The third kappa shape index (κ3) is 6.44. The average Bonchev–Trinajstić information content (AvgIpc) is 3.39. The van der Waals surface area contributed by atoms with Crippen molar-refractivity contribution in [2.45, 2.75) is 45.2 Å². The second-order valence-corrected chi connectivity index (χ2v) is 9.08. The molecule has 1 aromatic heterocycles. The molecule has 4 rings (SSSR count). The summed E-state index contributed by atoms with van der Waals surface area (Å²) in [7, 11) is 3.86. The first kappa shape index (κ1) is 24.0. The molecular formula is C24H37IN6. The summed E-state index contributed by atoms with van der Waals surface area (Å²) in [6.07, 6.45) is 7.99. The van der Waals surface area contributed by atoms with E-state index >= 15 is 0 Å². The Morgan fingerprint density at radius 1 is 1.13 bits per heavy atom. The normalized spacial score (nSPS) is 22.4. The molecule has 2 saturated heterocycles. The third-order valence-electron chi connectivity index (χ3n) is 6.52. The Morgan fingerprint density at radius 3 is 2.58 bits per heavy atom. The van der Waals surface area contributed by atoms with E-state index in [2.05, 4.69) is 62.6 Å². The SMILES string of the molecule is CN=C(NCc1ccc(CN2CCCC(C)C2)cc1)N1CCC(c2cnn(C)c2)C1.I. The molecule has 1 N–H and O–H groups in total. The number of rotatable bonds is 5. The molecule has 0 spiro atoms. The molecule has 0 saturated carbocycles. The largest absolute Gasteiger partial charge is 0.352 e. The van der Waals surface area contributed by atoms with Gasteiger partial charge >= 0.3 is 0 Å². The lowest BCUT2D eigenvalue weighted by atomic mass is 9.99. The van der Waals surface area contributed by atoms with E-state index in [1.54, 1.807) is 0 Å². The minimum atomic E-state index is 0. The zero-order chi connectivity index (χ0) is 20.9. The summed E-state index contributed by atoms with van der Waals surface area (Å²) in [6.45, 7) is 8.75. The van der Waals surface area contributed by atoms with Crippen LogP contribution in [0.5, 0.6) is 0 Å². The summed E-state index contributed by atoms with van der Waals surface area (Å²) in [4.78, 5) is 9.48. The number of aliphatic imine (C=N–C) groups is 1. The topological polar surface area (TPSA) is 48.7 Å². The van der Waals surface area contributed by atoms with Crippen LogP contribution in [0.2, 0.25) is 0 Å². The molecule has 0 bridgehead atoms. The lowest BCUT2D eigenvalue weighted by Crippen LogP contribution is -2.39. The molecule has 7 heteroatoms. The molecule has 2 aliphatic rings. The quantitative estimate of drug-likeness (QED) is 0.359. The Balaban J connectivity index is 0.00000272. The lowest BCUT2D eigenvalue weighted by Gasteiger charge is -2.30. The van der Waals surface area contributed by atoms with Crippen molar-refractivity contribution >= 4 is 29.9 Å². The van der Waals surface area contributed by atoms with Crippen LogP contribution in [0.1, 0.15) is 48.8 Å². The van der Waals surface area contributed by atoms with Crippen LogP contribution < -0.4 is 5.32 Å². The predicted octanol–water partition coefficient (Wildman–Crippen LogP) is 3.83. The molecule has 3 heterocycles. The van der Waals surface area contributed by atoms with Crippen LogP contribution in [0.25, 0.3) is 0 Å². The van der Waals surface area contributed by atoms with E-state index in [4.69, 9.17) is 0 Å². The first-order valence-corrected chi connectivity index (χ1v) is 11.3. The fourth-order valence-electron chi connectivity index (χ4n) is 4.84. The molecule has 1 aromatic carbocycles. The summed E-state index contributed by atoms with van der Waals surface area (Å²) >= 11 is 0. The zero-order valence-corrected chi connectivity index (χ0v) is 21.5. The maximum Gasteiger partial charge on any atom is 0.193 e. The Labute approximate surface area is 204 Å². The van der Waals surface area contributed by atoms with Gasteiger partial charge in [-0.2, -0.15) is 5.10 Å². The van der Waals surface area contributed by atoms with Crippen molar-refractivity contribution in [3.05, 3.63) is 53.3 Å². The van der Waals surface area contributed by atoms with Gasteiger partial charge in [0, 0.05) is 58.9 Å². The molecule has 31 heavy (non-hydrogen) atoms. The van der Waals surface area contributed by atoms with Gasteiger partial charge in [-0.05, 0) is 48.4 Å². The molecule has 2 aliphatic heterocycles. The molecule has 0 aliphatic carbocycles. The average molecular weight is 537 g/mol. The minimum absolute atomic E-state index is 0. The van der Waals surface area contributed by atoms with Crippen molar-refractivity contribution in [2.24, 2.45) is 18.0 Å². The molecule has 6 nitrogen and oxygen atoms in total. The Kier molecular flexibility index (Phi) is 8.77. The van der Waals surface area contributed by atoms with Crippen LogP contribution in [-0.4, -0.2) is 58.8 Å². The van der Waals surface area contributed by atoms with Crippen LogP contribution in [-0.2, 0) is 20.1 Å². The van der Waals surface area contributed by atoms with Gasteiger partial charge in [-0.3, -0.25) is 14.6 Å². The van der Waals surface area contributed by atoms with E-state index in [0.29, 0.717) is 5.92 Å². The summed E-state index contributed by atoms with van der Waals surface area (Å²) in [5.74, 6) is 2.36. The van der Waals surface area contributed by atoms with E-state index in [1.165, 1.54) is 42.6 Å². The van der Waals surface area contributed by atoms with Crippen LogP contribution >= 0.6 is 24.0 Å². The van der Waals surface area contributed by atoms with E-state index in [-0.39, 0.29) is 24.0 Å². The highest BCUT2D eigenvalue weighted by molar-refractivity contribution is 14.0. The highest BCUT2D eigenvalue weighted by atomic mass is 127. The highest BCUT2D eigenvalue weighted by Crippen LogP contribution is 2.26. The number of benzene rings is 1. The number of guanidine groups is 1. The summed E-state index contributed by atoms with van der Waals surface area (Å²) in [6, 6.07) is 9.08. The van der Waals surface area contributed by atoms with Crippen molar-refractivity contribution in [3.63, 3.8) is 0 Å². The summed E-state index contributed by atoms with van der Waals surface area (Å²) < 4.78 is 1.89. The number of nitrogens with one attached hydrogen (secondary N) is 1. The van der Waals surface area contributed by atoms with Crippen molar-refractivity contribution in [1.82, 2.24) is 24.9 Å². The van der Waals surface area contributed by atoms with Crippen molar-refractivity contribution in [1.29, 1.82) is 0 Å². The van der Waals surface area contributed by atoms with Crippen LogP contribution in [0, 0.1) is 5.92 Å². The Hall–Kier alpha value is -1.61. The molecule has 2 aromatic rings. The number of hydrogen-bond donors (Lipinski definition) is 1. The van der Waals surface area contributed by atoms with Crippen LogP contribution in [0.15, 0.2) is 41.7 Å². The second-order valence-electron chi connectivity index (χ2n) is 9.08. The van der Waals surface area contributed by atoms with Gasteiger partial charge in [0.25, 0.3) is 0 Å². The fourth-order valence-corrected chi connectivity index (χ4v) is 4.84. The van der Waals surface area contributed by atoms with Gasteiger partial charge in [0.2, 0.25) is 0 Å². The molecule has 0 amide bonds. The number of likely N-dealkylation sites (tertiary alicyclic amines) is 2. The molecular weight excluding hydrogens is 499 g/mol. The van der Waals surface area contributed by atoms with Gasteiger partial charge in [-0.15, -0.1) is 24.0 Å². The van der Waals surface area contributed by atoms with Gasteiger partial charge in [-0.1, -0.05) is 31.2 Å². The van der Waals surface area contributed by atoms with Crippen LogP contribution in [0.4, 0.5) is 0 Å². The minimum Gasteiger partial charge on any atom is -0.352 e. The smallest absolute Gasteiger partial charge is 0.193 e. The standard InChI is InChI=1S/C24H36N6.HI/c1-19-5-4-11-29(15-19)16-21-8-6-20(7-9-21)13-26-24(25-2)30-12-10-22(18-30)23-14-27-28(3)17-23;/h6-9,14,17,19,22H,4-5,10-13,15-16,18H2,1-3H3,(H,25,26);1H. The van der Waals surface area contributed by atoms with Gasteiger partial charge in [0.05, 0.1) is 6.20 Å². The summed E-state index contributed by atoms with van der Waals surface area (Å²) in [5.41, 5.74) is 4.04. The van der Waals surface area contributed by atoms with Gasteiger partial charge in [0.15, 0.2) is 5.96 Å². The van der Waals surface area contributed by atoms with Crippen molar-refractivity contribution in [2.75, 3.05) is 33.2 Å². The van der Waals surface area contributed by atoms with E-state index in [9.17, 15) is 0 Å². The number of hydrogen-bond acceptors (Lipinski definition) is 3. The molecule has 2 fully saturated rings. The first-order valence-electron chi connectivity index (χ1n) is 11.3. The van der Waals surface area contributed by atoms with Crippen molar-refractivity contribution in [3.8, 4) is 0 Å². The molecule has 2 atom stereocenters. The van der Waals surface area contributed by atoms with E-state index in [1.807, 2.05) is 25.0 Å². The number of aryl methyl sites for hydroxylation is 1. The number of aromatic nitrogens is 2. The van der Waals surface area contributed by atoms with Crippen molar-refractivity contribution < 1.29 is 0 Å². The highest BCUT2D eigenvalue weighted by Gasteiger charge is 2.26. The maximum absolute atomic E-state index is 4.52. The molecule has 2 unspecified atom stereocenters. The van der Waals surface area contributed by atoms with Gasteiger partial charge in [-0.25, -0.2) is 0 Å². The number of halogens is 1.